The van der Waals surface area contributed by atoms with Crippen LogP contribution >= 0.6 is 0 Å². The van der Waals surface area contributed by atoms with Crippen molar-refractivity contribution < 1.29 is 0 Å². The number of fused-ring (bicyclic) bond motifs is 2. The van der Waals surface area contributed by atoms with Crippen molar-refractivity contribution in [3.8, 4) is 0 Å². The summed E-state index contributed by atoms with van der Waals surface area (Å²) in [7, 11) is 0. The number of benzene rings is 3. The Labute approximate surface area is 159 Å². The minimum absolute atomic E-state index is 1.17. The lowest BCUT2D eigenvalue weighted by atomic mass is 9.99. The molecule has 0 aliphatic carbocycles. The lowest BCUT2D eigenvalue weighted by molar-refractivity contribution is 0.556. The standard InChI is InChI=1S/C26H33/c1-2-3-4-5-6-7-8-9-10-11-14-22-17-18-25-20-23-15-12-13-16-24(23)21-26(25)19-22/h12-13,15-18,20-21H,2-11,14H2,1H3. The molecule has 26 heavy (non-hydrogen) atoms. The van der Waals surface area contributed by atoms with E-state index in [2.05, 4.69) is 61.5 Å². The first-order valence-corrected chi connectivity index (χ1v) is 10.7. The van der Waals surface area contributed by atoms with Gasteiger partial charge in [-0.25, -0.2) is 0 Å². The van der Waals surface area contributed by atoms with Crippen LogP contribution in [0.25, 0.3) is 21.5 Å². The molecule has 0 atom stereocenters. The van der Waals surface area contributed by atoms with Crippen molar-refractivity contribution >= 4 is 21.5 Å². The molecule has 0 amide bonds. The molecule has 0 aromatic heterocycles. The van der Waals surface area contributed by atoms with Gasteiger partial charge in [0.05, 0.1) is 0 Å². The SMILES string of the molecule is CCCCCCCCCCCCc1[c]c2cc3ccccc3cc2cc1. The topological polar surface area (TPSA) is 0 Å². The van der Waals surface area contributed by atoms with Gasteiger partial charge in [-0.1, -0.05) is 101 Å². The molecule has 1 radical (unpaired) electrons. The molecule has 0 bridgehead atoms. The van der Waals surface area contributed by atoms with E-state index in [0.29, 0.717) is 0 Å². The smallest absolute Gasteiger partial charge is 0.00641 e. The zero-order valence-corrected chi connectivity index (χ0v) is 16.4. The number of rotatable bonds is 11. The van der Waals surface area contributed by atoms with E-state index >= 15 is 0 Å². The predicted molar refractivity (Wildman–Crippen MR) is 116 cm³/mol. The van der Waals surface area contributed by atoms with Crippen LogP contribution in [0.15, 0.2) is 48.5 Å². The summed E-state index contributed by atoms with van der Waals surface area (Å²) < 4.78 is 0. The Morgan fingerprint density at radius 1 is 0.615 bits per heavy atom. The van der Waals surface area contributed by atoms with Crippen LogP contribution in [0.3, 0.4) is 0 Å². The van der Waals surface area contributed by atoms with E-state index in [1.54, 1.807) is 0 Å². The van der Waals surface area contributed by atoms with Crippen molar-refractivity contribution in [1.29, 1.82) is 0 Å². The Morgan fingerprint density at radius 3 is 1.92 bits per heavy atom. The maximum atomic E-state index is 3.65. The molecule has 3 aromatic rings. The third-order valence-corrected chi connectivity index (χ3v) is 5.48. The molecule has 0 spiro atoms. The molecule has 0 nitrogen and oxygen atoms in total. The van der Waals surface area contributed by atoms with Gasteiger partial charge in [0, 0.05) is 0 Å². The average molecular weight is 346 g/mol. The summed E-state index contributed by atoms with van der Waals surface area (Å²) >= 11 is 0. The van der Waals surface area contributed by atoms with Crippen molar-refractivity contribution in [2.75, 3.05) is 0 Å². The van der Waals surface area contributed by atoms with Gasteiger partial charge in [0.15, 0.2) is 0 Å². The van der Waals surface area contributed by atoms with E-state index in [1.807, 2.05) is 0 Å². The van der Waals surface area contributed by atoms with Crippen LogP contribution in [0.5, 0.6) is 0 Å². The average Bonchev–Trinajstić information content (AvgIpc) is 2.67. The number of hydrogen-bond donors (Lipinski definition) is 0. The first-order valence-electron chi connectivity index (χ1n) is 10.7. The Balaban J connectivity index is 1.41. The predicted octanol–water partition coefficient (Wildman–Crippen LogP) is 8.26. The van der Waals surface area contributed by atoms with Gasteiger partial charge in [-0.15, -0.1) is 0 Å². The highest BCUT2D eigenvalue weighted by Crippen LogP contribution is 2.24. The highest BCUT2D eigenvalue weighted by Gasteiger charge is 2.01. The van der Waals surface area contributed by atoms with Gasteiger partial charge < -0.3 is 0 Å². The highest BCUT2D eigenvalue weighted by atomic mass is 14.1. The molecule has 0 heterocycles. The third-order valence-electron chi connectivity index (χ3n) is 5.48. The Hall–Kier alpha value is -1.82. The first-order chi connectivity index (χ1) is 12.9. The minimum Gasteiger partial charge on any atom is -0.0654 e. The number of unbranched alkanes of at least 4 members (excludes halogenated alkanes) is 9. The molecule has 0 saturated heterocycles. The van der Waals surface area contributed by atoms with Crippen LogP contribution < -0.4 is 0 Å². The first kappa shape index (κ1) is 19.0. The highest BCUT2D eigenvalue weighted by molar-refractivity contribution is 5.98. The van der Waals surface area contributed by atoms with E-state index in [0.717, 1.165) is 0 Å². The Kier molecular flexibility index (Phi) is 7.55. The van der Waals surface area contributed by atoms with Gasteiger partial charge in [-0.3, -0.25) is 0 Å². The molecule has 0 fully saturated rings. The molecule has 0 aliphatic rings. The number of hydrogen-bond acceptors (Lipinski definition) is 0. The fourth-order valence-electron chi connectivity index (χ4n) is 3.86. The summed E-state index contributed by atoms with van der Waals surface area (Å²) in [6.45, 7) is 2.29. The molecular formula is C26H33. The maximum absolute atomic E-state index is 3.65. The Morgan fingerprint density at radius 2 is 1.23 bits per heavy atom. The minimum atomic E-state index is 1.17. The molecule has 0 N–H and O–H groups in total. The Bertz CT molecular complexity index is 799. The summed E-state index contributed by atoms with van der Waals surface area (Å²) in [6, 6.07) is 21.4. The fraction of sp³-hybridized carbons (Fsp3) is 0.462. The van der Waals surface area contributed by atoms with E-state index < -0.39 is 0 Å². The summed E-state index contributed by atoms with van der Waals surface area (Å²) in [5.41, 5.74) is 1.37. The quantitative estimate of drug-likeness (QED) is 0.242. The van der Waals surface area contributed by atoms with E-state index in [4.69, 9.17) is 0 Å². The zero-order chi connectivity index (χ0) is 18.0. The van der Waals surface area contributed by atoms with Gasteiger partial charge in [0.1, 0.15) is 0 Å². The molecule has 0 saturated carbocycles. The van der Waals surface area contributed by atoms with Crippen LogP contribution in [0.1, 0.15) is 76.7 Å². The van der Waals surface area contributed by atoms with Gasteiger partial charge in [0.2, 0.25) is 0 Å². The molecule has 3 aromatic carbocycles. The summed E-state index contributed by atoms with van der Waals surface area (Å²) in [5, 5.41) is 5.19. The van der Waals surface area contributed by atoms with Crippen LogP contribution in [0, 0.1) is 6.07 Å². The van der Waals surface area contributed by atoms with Crippen LogP contribution in [0.4, 0.5) is 0 Å². The maximum Gasteiger partial charge on any atom is -0.00641 e. The molecule has 137 valence electrons. The van der Waals surface area contributed by atoms with E-state index in [9.17, 15) is 0 Å². The van der Waals surface area contributed by atoms with E-state index in [1.165, 1.54) is 97.7 Å². The summed E-state index contributed by atoms with van der Waals surface area (Å²) in [6.07, 6.45) is 15.1. The van der Waals surface area contributed by atoms with Crippen molar-refractivity contribution in [1.82, 2.24) is 0 Å². The largest absolute Gasteiger partial charge is 0.0654 e. The van der Waals surface area contributed by atoms with Crippen LogP contribution in [-0.4, -0.2) is 0 Å². The van der Waals surface area contributed by atoms with Gasteiger partial charge in [0.25, 0.3) is 0 Å². The lowest BCUT2D eigenvalue weighted by Gasteiger charge is -2.06. The molecular weight excluding hydrogens is 312 g/mol. The second kappa shape index (κ2) is 10.4. The fourth-order valence-corrected chi connectivity index (χ4v) is 3.86. The monoisotopic (exact) mass is 345 g/mol. The zero-order valence-electron chi connectivity index (χ0n) is 16.4. The number of aryl methyl sites for hydroxylation is 1. The summed E-state index contributed by atoms with van der Waals surface area (Å²) in [5.74, 6) is 0. The molecule has 0 aliphatic heterocycles. The van der Waals surface area contributed by atoms with Gasteiger partial charge in [-0.05, 0) is 58.1 Å². The lowest BCUT2D eigenvalue weighted by Crippen LogP contribution is -1.88. The second-order valence-electron chi connectivity index (χ2n) is 7.70. The normalized spacial score (nSPS) is 11.4. The summed E-state index contributed by atoms with van der Waals surface area (Å²) in [4.78, 5) is 0. The van der Waals surface area contributed by atoms with Crippen molar-refractivity contribution in [2.24, 2.45) is 0 Å². The third kappa shape index (κ3) is 5.59. The van der Waals surface area contributed by atoms with Crippen LogP contribution in [0.2, 0.25) is 0 Å². The van der Waals surface area contributed by atoms with E-state index in [-0.39, 0.29) is 0 Å². The van der Waals surface area contributed by atoms with Crippen LogP contribution in [-0.2, 0) is 6.42 Å². The second-order valence-corrected chi connectivity index (χ2v) is 7.70. The molecule has 0 unspecified atom stereocenters. The van der Waals surface area contributed by atoms with Gasteiger partial charge >= 0.3 is 0 Å². The molecule has 3 rings (SSSR count). The van der Waals surface area contributed by atoms with Crippen molar-refractivity contribution in [3.05, 3.63) is 60.2 Å². The molecule has 0 heteroatoms. The van der Waals surface area contributed by atoms with Gasteiger partial charge in [-0.2, -0.15) is 0 Å². The van der Waals surface area contributed by atoms with Crippen molar-refractivity contribution in [3.63, 3.8) is 0 Å². The van der Waals surface area contributed by atoms with Crippen molar-refractivity contribution in [2.45, 2.75) is 77.6 Å².